The normalized spacial score (nSPS) is 24.1. The summed E-state index contributed by atoms with van der Waals surface area (Å²) < 4.78 is 0. The van der Waals surface area contributed by atoms with E-state index in [4.69, 9.17) is 0 Å². The van der Waals surface area contributed by atoms with Crippen LogP contribution in [0.4, 0.5) is 0 Å². The monoisotopic (exact) mass is 294 g/mol. The molecule has 0 amide bonds. The summed E-state index contributed by atoms with van der Waals surface area (Å²) in [6.45, 7) is 2.36. The van der Waals surface area contributed by atoms with Gasteiger partial charge >= 0.3 is 0 Å². The SMILES string of the molecule is CC(=O)CC(=O)C(C(=O)CC(C)=O)C1(O)C=CC=CC1O. The minimum atomic E-state index is -2.15. The van der Waals surface area contributed by atoms with Crippen LogP contribution in [0.25, 0.3) is 0 Å². The Morgan fingerprint density at radius 3 is 1.90 bits per heavy atom. The molecule has 0 heterocycles. The van der Waals surface area contributed by atoms with Gasteiger partial charge in [0, 0.05) is 0 Å². The largest absolute Gasteiger partial charge is 0.386 e. The number of aliphatic hydroxyl groups excluding tert-OH is 1. The van der Waals surface area contributed by atoms with Gasteiger partial charge in [-0.3, -0.25) is 19.2 Å². The third-order valence-electron chi connectivity index (χ3n) is 3.19. The lowest BCUT2D eigenvalue weighted by Gasteiger charge is -2.35. The van der Waals surface area contributed by atoms with Crippen LogP contribution >= 0.6 is 0 Å². The highest BCUT2D eigenvalue weighted by Gasteiger charge is 2.48. The van der Waals surface area contributed by atoms with Crippen molar-refractivity contribution in [2.24, 2.45) is 5.92 Å². The number of carbonyl (C=O) groups is 4. The van der Waals surface area contributed by atoms with Crippen molar-refractivity contribution in [3.63, 3.8) is 0 Å². The Kier molecular flexibility index (Phi) is 5.46. The molecule has 1 aliphatic rings. The summed E-state index contributed by atoms with van der Waals surface area (Å²) in [6.07, 6.45) is 2.66. The van der Waals surface area contributed by atoms with Gasteiger partial charge in [0.1, 0.15) is 29.2 Å². The number of carbonyl (C=O) groups excluding carboxylic acids is 4. The van der Waals surface area contributed by atoms with Crippen molar-refractivity contribution < 1.29 is 29.4 Å². The van der Waals surface area contributed by atoms with E-state index in [2.05, 4.69) is 0 Å². The Balaban J connectivity index is 3.18. The van der Waals surface area contributed by atoms with Gasteiger partial charge in [0.2, 0.25) is 0 Å². The molecule has 6 heteroatoms. The predicted molar refractivity (Wildman–Crippen MR) is 73.3 cm³/mol. The van der Waals surface area contributed by atoms with E-state index in [1.807, 2.05) is 0 Å². The number of rotatable bonds is 7. The molecule has 0 aromatic rings. The number of hydrogen-bond acceptors (Lipinski definition) is 6. The van der Waals surface area contributed by atoms with Crippen molar-refractivity contribution in [2.45, 2.75) is 38.4 Å². The Bertz CT molecular complexity index is 502. The summed E-state index contributed by atoms with van der Waals surface area (Å²) in [4.78, 5) is 46.5. The lowest BCUT2D eigenvalue weighted by atomic mass is 9.73. The molecule has 1 rings (SSSR count). The van der Waals surface area contributed by atoms with Crippen molar-refractivity contribution in [1.29, 1.82) is 0 Å². The minimum absolute atomic E-state index is 0.464. The Morgan fingerprint density at radius 1 is 1.05 bits per heavy atom. The van der Waals surface area contributed by atoms with Crippen LogP contribution in [0.1, 0.15) is 26.7 Å². The smallest absolute Gasteiger partial charge is 0.154 e. The first-order valence-electron chi connectivity index (χ1n) is 6.49. The second-order valence-corrected chi connectivity index (χ2v) is 5.20. The van der Waals surface area contributed by atoms with Crippen LogP contribution in [-0.4, -0.2) is 45.1 Å². The van der Waals surface area contributed by atoms with Crippen LogP contribution < -0.4 is 0 Å². The molecule has 21 heavy (non-hydrogen) atoms. The number of ketones is 4. The Labute approximate surface area is 122 Å². The van der Waals surface area contributed by atoms with Gasteiger partial charge in [-0.1, -0.05) is 18.2 Å². The molecule has 0 aromatic carbocycles. The summed E-state index contributed by atoms with van der Waals surface area (Å²) in [5, 5.41) is 20.4. The van der Waals surface area contributed by atoms with Crippen LogP contribution in [0.2, 0.25) is 0 Å². The third-order valence-corrected chi connectivity index (χ3v) is 3.19. The van der Waals surface area contributed by atoms with E-state index in [0.717, 1.165) is 6.08 Å². The molecule has 0 spiro atoms. The molecule has 0 aromatic heterocycles. The van der Waals surface area contributed by atoms with E-state index in [9.17, 15) is 29.4 Å². The first-order chi connectivity index (χ1) is 9.68. The summed E-state index contributed by atoms with van der Waals surface area (Å²) in [6, 6.07) is 0. The zero-order chi connectivity index (χ0) is 16.2. The maximum absolute atomic E-state index is 12.1. The maximum atomic E-state index is 12.1. The molecule has 2 unspecified atom stereocenters. The molecule has 0 saturated heterocycles. The average Bonchev–Trinajstić information content (AvgIpc) is 2.31. The molecule has 0 fully saturated rings. The molecule has 114 valence electrons. The topological polar surface area (TPSA) is 109 Å². The van der Waals surface area contributed by atoms with Crippen molar-refractivity contribution in [1.82, 2.24) is 0 Å². The molecule has 2 N–H and O–H groups in total. The molecule has 0 radical (unpaired) electrons. The van der Waals surface area contributed by atoms with Crippen molar-refractivity contribution in [2.75, 3.05) is 0 Å². The van der Waals surface area contributed by atoms with Crippen LogP contribution in [0.3, 0.4) is 0 Å². The fourth-order valence-electron chi connectivity index (χ4n) is 2.29. The number of hydrogen-bond donors (Lipinski definition) is 2. The zero-order valence-electron chi connectivity index (χ0n) is 11.9. The molecular weight excluding hydrogens is 276 g/mol. The highest BCUT2D eigenvalue weighted by Crippen LogP contribution is 2.30. The second-order valence-electron chi connectivity index (χ2n) is 5.20. The van der Waals surface area contributed by atoms with Gasteiger partial charge in [0.05, 0.1) is 12.8 Å². The van der Waals surface area contributed by atoms with Gasteiger partial charge in [-0.15, -0.1) is 0 Å². The Morgan fingerprint density at radius 2 is 1.52 bits per heavy atom. The van der Waals surface area contributed by atoms with E-state index in [-0.39, 0.29) is 0 Å². The first kappa shape index (κ1) is 17.1. The lowest BCUT2D eigenvalue weighted by Crippen LogP contribution is -2.54. The quantitative estimate of drug-likeness (QED) is 0.636. The molecule has 0 aliphatic heterocycles. The summed E-state index contributed by atoms with van der Waals surface area (Å²) in [5.74, 6) is -4.20. The van der Waals surface area contributed by atoms with Crippen molar-refractivity contribution in [3.05, 3.63) is 24.3 Å². The fraction of sp³-hybridized carbons (Fsp3) is 0.467. The third kappa shape index (κ3) is 4.03. The zero-order valence-corrected chi connectivity index (χ0v) is 11.9. The van der Waals surface area contributed by atoms with Gasteiger partial charge < -0.3 is 10.2 Å². The molecule has 0 bridgehead atoms. The summed E-state index contributed by atoms with van der Waals surface area (Å²) in [7, 11) is 0. The van der Waals surface area contributed by atoms with Gasteiger partial charge in [0.25, 0.3) is 0 Å². The molecule has 0 saturated carbocycles. The van der Waals surface area contributed by atoms with Gasteiger partial charge in [-0.25, -0.2) is 0 Å². The van der Waals surface area contributed by atoms with E-state index in [1.165, 1.54) is 32.1 Å². The van der Waals surface area contributed by atoms with Crippen LogP contribution in [-0.2, 0) is 19.2 Å². The van der Waals surface area contributed by atoms with Crippen molar-refractivity contribution >= 4 is 23.1 Å². The Hall–Kier alpha value is -1.92. The number of aliphatic hydroxyl groups is 2. The molecule has 2 atom stereocenters. The van der Waals surface area contributed by atoms with Crippen molar-refractivity contribution in [3.8, 4) is 0 Å². The van der Waals surface area contributed by atoms with E-state index in [0.29, 0.717) is 0 Å². The first-order valence-corrected chi connectivity index (χ1v) is 6.49. The molecule has 1 aliphatic carbocycles. The van der Waals surface area contributed by atoms with Crippen LogP contribution in [0, 0.1) is 5.92 Å². The number of Topliss-reactive ketones (excluding diaryl/α,β-unsaturated/α-hetero) is 4. The minimum Gasteiger partial charge on any atom is -0.386 e. The summed E-state index contributed by atoms with van der Waals surface area (Å²) in [5.41, 5.74) is -2.15. The highest BCUT2D eigenvalue weighted by atomic mass is 16.3. The maximum Gasteiger partial charge on any atom is 0.154 e. The highest BCUT2D eigenvalue weighted by molar-refractivity contribution is 6.14. The average molecular weight is 294 g/mol. The standard InChI is InChI=1S/C15H18O6/c1-9(16)7-11(18)14(12(19)8-10(2)17)15(21)6-4-3-5-13(15)20/h3-6,13-14,20-21H,7-8H2,1-2H3. The van der Waals surface area contributed by atoms with Gasteiger partial charge in [0.15, 0.2) is 11.6 Å². The van der Waals surface area contributed by atoms with E-state index >= 15 is 0 Å². The molecular formula is C15H18O6. The predicted octanol–water partition coefficient (Wildman–Crippen LogP) is -0.0830. The van der Waals surface area contributed by atoms with Gasteiger partial charge in [-0.05, 0) is 19.9 Å². The molecule has 6 nitrogen and oxygen atoms in total. The summed E-state index contributed by atoms with van der Waals surface area (Å²) >= 11 is 0. The van der Waals surface area contributed by atoms with E-state index in [1.54, 1.807) is 0 Å². The van der Waals surface area contributed by atoms with E-state index < -0.39 is 53.6 Å². The lowest BCUT2D eigenvalue weighted by molar-refractivity contribution is -0.148. The van der Waals surface area contributed by atoms with Crippen LogP contribution in [0.15, 0.2) is 24.3 Å². The van der Waals surface area contributed by atoms with Gasteiger partial charge in [-0.2, -0.15) is 0 Å². The van der Waals surface area contributed by atoms with Crippen LogP contribution in [0.5, 0.6) is 0 Å². The second kappa shape index (κ2) is 6.69. The fourth-order valence-corrected chi connectivity index (χ4v) is 2.29. The number of allylic oxidation sites excluding steroid dienone is 2.